The van der Waals surface area contributed by atoms with E-state index in [-0.39, 0.29) is 11.1 Å². The third-order valence-electron chi connectivity index (χ3n) is 3.35. The Morgan fingerprint density at radius 3 is 2.47 bits per heavy atom. The van der Waals surface area contributed by atoms with E-state index in [1.807, 2.05) is 18.7 Å². The van der Waals surface area contributed by atoms with Crippen LogP contribution >= 0.6 is 11.8 Å². The van der Waals surface area contributed by atoms with Gasteiger partial charge in [0.2, 0.25) is 0 Å². The van der Waals surface area contributed by atoms with Crippen molar-refractivity contribution in [1.82, 2.24) is 5.32 Å². The van der Waals surface area contributed by atoms with Crippen molar-refractivity contribution in [1.29, 1.82) is 0 Å². The van der Waals surface area contributed by atoms with Gasteiger partial charge in [-0.2, -0.15) is 0 Å². The fourth-order valence-corrected chi connectivity index (χ4v) is 3.26. The Balaban J connectivity index is 2.53. The lowest BCUT2D eigenvalue weighted by atomic mass is 9.96. The van der Waals surface area contributed by atoms with Crippen LogP contribution in [-0.4, -0.2) is 35.2 Å². The number of ether oxygens (including phenoxy) is 1. The number of hydrogen-bond acceptors (Lipinski definition) is 3. The van der Waals surface area contributed by atoms with E-state index in [4.69, 9.17) is 4.74 Å². The summed E-state index contributed by atoms with van der Waals surface area (Å²) in [6.07, 6.45) is 2.31. The first kappa shape index (κ1) is 14.8. The number of nitrogens with zero attached hydrogens (tertiary/aromatic N) is 1. The lowest BCUT2D eigenvalue weighted by Gasteiger charge is -2.26. The fourth-order valence-electron chi connectivity index (χ4n) is 1.92. The smallest absolute Gasteiger partial charge is 0.157 e. The van der Waals surface area contributed by atoms with Crippen LogP contribution in [0.25, 0.3) is 0 Å². The molecule has 17 heavy (non-hydrogen) atoms. The van der Waals surface area contributed by atoms with Gasteiger partial charge in [-0.05, 0) is 33.6 Å². The van der Waals surface area contributed by atoms with Crippen molar-refractivity contribution >= 4 is 16.9 Å². The normalized spacial score (nSPS) is 21.8. The molecule has 0 bridgehead atoms. The Morgan fingerprint density at radius 1 is 1.35 bits per heavy atom. The van der Waals surface area contributed by atoms with Crippen LogP contribution in [0.2, 0.25) is 0 Å². The third kappa shape index (κ3) is 4.18. The number of amidine groups is 1. The second-order valence-electron chi connectivity index (χ2n) is 5.22. The summed E-state index contributed by atoms with van der Waals surface area (Å²) in [5, 5.41) is 4.66. The summed E-state index contributed by atoms with van der Waals surface area (Å²) < 4.78 is 5.65. The number of aliphatic imine (C=N–C) groups is 1. The fraction of sp³-hybridized carbons (Fsp3) is 0.923. The zero-order valence-electron chi connectivity index (χ0n) is 11.8. The summed E-state index contributed by atoms with van der Waals surface area (Å²) in [7, 11) is 0. The first-order valence-corrected chi connectivity index (χ1v) is 7.55. The number of thioether (sulfide) groups is 1. The molecule has 3 nitrogen and oxygen atoms in total. The summed E-state index contributed by atoms with van der Waals surface area (Å²) in [6.45, 7) is 12.1. The van der Waals surface area contributed by atoms with Gasteiger partial charge in [0.25, 0.3) is 0 Å². The van der Waals surface area contributed by atoms with Gasteiger partial charge >= 0.3 is 0 Å². The van der Waals surface area contributed by atoms with E-state index < -0.39 is 0 Å². The van der Waals surface area contributed by atoms with E-state index in [0.717, 1.165) is 36.9 Å². The minimum atomic E-state index is -0.159. The van der Waals surface area contributed by atoms with Crippen LogP contribution < -0.4 is 5.32 Å². The van der Waals surface area contributed by atoms with Crippen molar-refractivity contribution in [3.05, 3.63) is 0 Å². The predicted octanol–water partition coefficient (Wildman–Crippen LogP) is 3.05. The lowest BCUT2D eigenvalue weighted by Crippen LogP contribution is -2.42. The van der Waals surface area contributed by atoms with Gasteiger partial charge in [-0.25, -0.2) is 0 Å². The highest BCUT2D eigenvalue weighted by atomic mass is 32.2. The Bertz CT molecular complexity index is 273. The zero-order chi connectivity index (χ0) is 12.9. The summed E-state index contributed by atoms with van der Waals surface area (Å²) in [5.74, 6) is 1.13. The average Bonchev–Trinajstić information content (AvgIpc) is 2.71. The quantitative estimate of drug-likeness (QED) is 0.795. The van der Waals surface area contributed by atoms with Crippen molar-refractivity contribution in [2.75, 3.05) is 18.9 Å². The summed E-state index contributed by atoms with van der Waals surface area (Å²) in [5.41, 5.74) is 0.104. The largest absolute Gasteiger partial charge is 0.374 e. The van der Waals surface area contributed by atoms with Crippen molar-refractivity contribution in [3.63, 3.8) is 0 Å². The highest BCUT2D eigenvalue weighted by molar-refractivity contribution is 8.14. The summed E-state index contributed by atoms with van der Waals surface area (Å²) >= 11 is 1.84. The number of rotatable bonds is 6. The Hall–Kier alpha value is -0.220. The van der Waals surface area contributed by atoms with Crippen LogP contribution in [0.5, 0.6) is 0 Å². The van der Waals surface area contributed by atoms with Crippen molar-refractivity contribution in [3.8, 4) is 0 Å². The van der Waals surface area contributed by atoms with E-state index in [1.54, 1.807) is 0 Å². The standard InChI is InChI=1S/C13H26N2OS/c1-6-13(7-2)10-17-11(15-13)14-9-12(4,5)16-8-3/h6-10H2,1-5H3,(H,14,15). The SMILES string of the molecule is CCOC(C)(C)CN=C1NC(CC)(CC)CS1. The highest BCUT2D eigenvalue weighted by Gasteiger charge is 2.33. The van der Waals surface area contributed by atoms with Gasteiger partial charge in [-0.3, -0.25) is 4.99 Å². The number of nitrogens with one attached hydrogen (secondary N) is 1. The molecule has 0 aliphatic carbocycles. The molecule has 0 atom stereocenters. The van der Waals surface area contributed by atoms with E-state index in [9.17, 15) is 0 Å². The molecule has 0 aromatic rings. The molecule has 1 aliphatic heterocycles. The minimum Gasteiger partial charge on any atom is -0.374 e. The molecule has 0 saturated carbocycles. The van der Waals surface area contributed by atoms with Crippen LogP contribution in [0, 0.1) is 0 Å². The van der Waals surface area contributed by atoms with Crippen LogP contribution in [0.4, 0.5) is 0 Å². The molecule has 0 aromatic heterocycles. The van der Waals surface area contributed by atoms with Crippen LogP contribution in [0.3, 0.4) is 0 Å². The van der Waals surface area contributed by atoms with Crippen molar-refractivity contribution < 1.29 is 4.74 Å². The maximum Gasteiger partial charge on any atom is 0.157 e. The Kier molecular flexibility index (Phi) is 5.32. The molecular weight excluding hydrogens is 232 g/mol. The molecule has 1 saturated heterocycles. The minimum absolute atomic E-state index is 0.159. The molecule has 100 valence electrons. The molecule has 0 amide bonds. The van der Waals surface area contributed by atoms with Crippen LogP contribution in [0.1, 0.15) is 47.5 Å². The Labute approximate surface area is 110 Å². The molecule has 1 N–H and O–H groups in total. The third-order valence-corrected chi connectivity index (χ3v) is 4.55. The van der Waals surface area contributed by atoms with Gasteiger partial charge in [0.1, 0.15) is 0 Å². The molecule has 0 radical (unpaired) electrons. The van der Waals surface area contributed by atoms with Crippen LogP contribution in [0.15, 0.2) is 4.99 Å². The van der Waals surface area contributed by atoms with Crippen LogP contribution in [-0.2, 0) is 4.74 Å². The van der Waals surface area contributed by atoms with Gasteiger partial charge in [-0.15, -0.1) is 0 Å². The molecule has 1 fully saturated rings. The van der Waals surface area contributed by atoms with Gasteiger partial charge in [0.05, 0.1) is 12.1 Å². The molecule has 1 heterocycles. The predicted molar refractivity (Wildman–Crippen MR) is 76.9 cm³/mol. The first-order chi connectivity index (χ1) is 7.97. The van der Waals surface area contributed by atoms with Crippen molar-refractivity contribution in [2.24, 2.45) is 4.99 Å². The highest BCUT2D eigenvalue weighted by Crippen LogP contribution is 2.29. The number of hydrogen-bond donors (Lipinski definition) is 1. The molecule has 0 spiro atoms. The second kappa shape index (κ2) is 6.10. The monoisotopic (exact) mass is 258 g/mol. The molecule has 1 rings (SSSR count). The zero-order valence-corrected chi connectivity index (χ0v) is 12.6. The van der Waals surface area contributed by atoms with Gasteiger partial charge in [0.15, 0.2) is 5.17 Å². The van der Waals surface area contributed by atoms with E-state index in [0.29, 0.717) is 0 Å². The van der Waals surface area contributed by atoms with E-state index in [2.05, 4.69) is 38.0 Å². The Morgan fingerprint density at radius 2 is 2.00 bits per heavy atom. The maximum atomic E-state index is 5.65. The first-order valence-electron chi connectivity index (χ1n) is 6.56. The molecule has 0 unspecified atom stereocenters. The topological polar surface area (TPSA) is 33.6 Å². The second-order valence-corrected chi connectivity index (χ2v) is 6.18. The average molecular weight is 258 g/mol. The van der Waals surface area contributed by atoms with E-state index >= 15 is 0 Å². The summed E-state index contributed by atoms with van der Waals surface area (Å²) in [6, 6.07) is 0. The van der Waals surface area contributed by atoms with Gasteiger partial charge in [-0.1, -0.05) is 25.6 Å². The maximum absolute atomic E-state index is 5.65. The summed E-state index contributed by atoms with van der Waals surface area (Å²) in [4.78, 5) is 4.65. The van der Waals surface area contributed by atoms with Crippen molar-refractivity contribution in [2.45, 2.75) is 58.6 Å². The molecular formula is C13H26N2OS. The molecule has 1 aliphatic rings. The lowest BCUT2D eigenvalue weighted by molar-refractivity contribution is -0.00209. The van der Waals surface area contributed by atoms with E-state index in [1.165, 1.54) is 0 Å². The van der Waals surface area contributed by atoms with Gasteiger partial charge < -0.3 is 10.1 Å². The molecule has 4 heteroatoms. The molecule has 0 aromatic carbocycles. The van der Waals surface area contributed by atoms with Gasteiger partial charge in [0, 0.05) is 17.9 Å².